The Balaban J connectivity index is 1.23. The van der Waals surface area contributed by atoms with Gasteiger partial charge in [-0.3, -0.25) is 9.69 Å². The number of hydrogen-bond donors (Lipinski definition) is 1. The fourth-order valence-corrected chi connectivity index (χ4v) is 5.44. The molecule has 2 heterocycles. The molecule has 0 unspecified atom stereocenters. The van der Waals surface area contributed by atoms with Crippen molar-refractivity contribution in [2.45, 2.75) is 44.8 Å². The van der Waals surface area contributed by atoms with Gasteiger partial charge < -0.3 is 14.7 Å². The predicted octanol–water partition coefficient (Wildman–Crippen LogP) is 5.68. The quantitative estimate of drug-likeness (QED) is 0.540. The van der Waals surface area contributed by atoms with Crippen molar-refractivity contribution in [1.29, 1.82) is 0 Å². The summed E-state index contributed by atoms with van der Waals surface area (Å²) in [5, 5.41) is 11.1. The van der Waals surface area contributed by atoms with Crippen molar-refractivity contribution in [2.24, 2.45) is 5.92 Å². The van der Waals surface area contributed by atoms with Crippen LogP contribution in [0.5, 0.6) is 5.75 Å². The summed E-state index contributed by atoms with van der Waals surface area (Å²) in [6, 6.07) is 12.7. The molecule has 0 bridgehead atoms. The Morgan fingerprint density at radius 1 is 1.03 bits per heavy atom. The number of nitrogens with zero attached hydrogens (tertiary/aromatic N) is 2. The zero-order valence-corrected chi connectivity index (χ0v) is 20.6. The predicted molar refractivity (Wildman–Crippen MR) is 132 cm³/mol. The first-order chi connectivity index (χ1) is 15.9. The number of hydrogen-bond acceptors (Lipinski definition) is 4. The first-order valence-electron chi connectivity index (χ1n) is 11.8. The number of carbonyl (C=O) groups is 1. The molecule has 178 valence electrons. The second-order valence-electron chi connectivity index (χ2n) is 9.23. The Morgan fingerprint density at radius 3 is 2.33 bits per heavy atom. The summed E-state index contributed by atoms with van der Waals surface area (Å²) in [5.41, 5.74) is 1.72. The number of likely N-dealkylation sites (tertiary alicyclic amines) is 2. The van der Waals surface area contributed by atoms with Gasteiger partial charge in [0.2, 0.25) is 0 Å². The smallest absolute Gasteiger partial charge is 0.325 e. The van der Waals surface area contributed by atoms with Crippen molar-refractivity contribution >= 4 is 29.2 Å². The summed E-state index contributed by atoms with van der Waals surface area (Å²) >= 11 is 12.5. The van der Waals surface area contributed by atoms with Gasteiger partial charge in [-0.15, -0.1) is 0 Å². The summed E-state index contributed by atoms with van der Waals surface area (Å²) in [6.07, 6.45) is 4.19. The van der Waals surface area contributed by atoms with E-state index in [0.29, 0.717) is 16.0 Å². The first kappa shape index (κ1) is 24.3. The topological polar surface area (TPSA) is 53.0 Å². The van der Waals surface area contributed by atoms with Crippen LogP contribution >= 0.6 is 23.2 Å². The maximum absolute atomic E-state index is 11.9. The van der Waals surface area contributed by atoms with Gasteiger partial charge in [-0.2, -0.15) is 0 Å². The maximum atomic E-state index is 11.9. The van der Waals surface area contributed by atoms with E-state index in [1.165, 1.54) is 0 Å². The highest BCUT2D eigenvalue weighted by molar-refractivity contribution is 6.36. The average molecular weight is 491 g/mol. The van der Waals surface area contributed by atoms with E-state index in [9.17, 15) is 9.90 Å². The highest BCUT2D eigenvalue weighted by Gasteiger charge is 2.32. The third-order valence-corrected chi connectivity index (χ3v) is 7.87. The normalized spacial score (nSPS) is 20.0. The first-order valence-corrected chi connectivity index (χ1v) is 12.5. The van der Waals surface area contributed by atoms with Gasteiger partial charge in [-0.1, -0.05) is 53.5 Å². The monoisotopic (exact) mass is 490 g/mol. The van der Waals surface area contributed by atoms with E-state index in [4.69, 9.17) is 27.9 Å². The lowest BCUT2D eigenvalue weighted by molar-refractivity contribution is -0.144. The van der Waals surface area contributed by atoms with Crippen molar-refractivity contribution in [3.63, 3.8) is 0 Å². The van der Waals surface area contributed by atoms with Gasteiger partial charge in [0.1, 0.15) is 17.9 Å². The lowest BCUT2D eigenvalue weighted by atomic mass is 9.93. The molecule has 2 aromatic carbocycles. The number of piperidine rings is 2. The largest absolute Gasteiger partial charge is 0.489 e. The van der Waals surface area contributed by atoms with Crippen molar-refractivity contribution in [3.05, 3.63) is 63.6 Å². The fraction of sp³-hybridized carbons (Fsp3) is 0.500. The molecule has 4 rings (SSSR count). The van der Waals surface area contributed by atoms with Gasteiger partial charge in [0.05, 0.1) is 5.02 Å². The van der Waals surface area contributed by atoms with E-state index in [0.717, 1.165) is 75.3 Å². The molecule has 2 fully saturated rings. The van der Waals surface area contributed by atoms with E-state index < -0.39 is 12.0 Å². The Hall–Kier alpha value is -1.79. The zero-order valence-electron chi connectivity index (χ0n) is 19.1. The molecule has 1 atom stereocenters. The van der Waals surface area contributed by atoms with Crippen LogP contribution in [-0.4, -0.2) is 59.7 Å². The molecule has 0 aromatic heterocycles. The van der Waals surface area contributed by atoms with Crippen LogP contribution in [0.3, 0.4) is 0 Å². The molecule has 2 aromatic rings. The zero-order chi connectivity index (χ0) is 23.4. The molecule has 1 N–H and O–H groups in total. The lowest BCUT2D eigenvalue weighted by Gasteiger charge is -2.39. The van der Waals surface area contributed by atoms with Crippen molar-refractivity contribution in [3.8, 4) is 5.75 Å². The SMILES string of the molecule is Cc1c(Cl)ccc(OC2CCN(CC3CCN([C@@H](C(=O)O)c4ccccc4)CC3)CC2)c1Cl. The molecule has 0 aliphatic carbocycles. The molecule has 0 amide bonds. The minimum Gasteiger partial charge on any atom is -0.489 e. The van der Waals surface area contributed by atoms with Gasteiger partial charge in [-0.25, -0.2) is 0 Å². The van der Waals surface area contributed by atoms with Crippen LogP contribution in [0.15, 0.2) is 42.5 Å². The number of ether oxygens (including phenoxy) is 1. The number of rotatable bonds is 7. The van der Waals surface area contributed by atoms with Crippen LogP contribution in [-0.2, 0) is 4.79 Å². The Bertz CT molecular complexity index is 940. The van der Waals surface area contributed by atoms with Crippen LogP contribution < -0.4 is 4.74 Å². The summed E-state index contributed by atoms with van der Waals surface area (Å²) in [5.74, 6) is 0.561. The van der Waals surface area contributed by atoms with Crippen LogP contribution in [0.1, 0.15) is 42.9 Å². The molecule has 0 spiro atoms. The molecule has 33 heavy (non-hydrogen) atoms. The molecule has 0 saturated carbocycles. The van der Waals surface area contributed by atoms with Crippen LogP contribution in [0.2, 0.25) is 10.0 Å². The average Bonchev–Trinajstić information content (AvgIpc) is 2.82. The van der Waals surface area contributed by atoms with E-state index in [1.54, 1.807) is 0 Å². The van der Waals surface area contributed by atoms with E-state index in [1.807, 2.05) is 49.4 Å². The van der Waals surface area contributed by atoms with Crippen LogP contribution in [0.25, 0.3) is 0 Å². The van der Waals surface area contributed by atoms with Gasteiger partial charge in [-0.05, 0) is 74.9 Å². The number of carboxylic acid groups (broad SMARTS) is 1. The summed E-state index contributed by atoms with van der Waals surface area (Å²) in [6.45, 7) is 6.65. The lowest BCUT2D eigenvalue weighted by Crippen LogP contribution is -2.45. The van der Waals surface area contributed by atoms with E-state index >= 15 is 0 Å². The van der Waals surface area contributed by atoms with Crippen molar-refractivity contribution in [1.82, 2.24) is 9.80 Å². The van der Waals surface area contributed by atoms with Crippen LogP contribution in [0.4, 0.5) is 0 Å². The molecule has 7 heteroatoms. The van der Waals surface area contributed by atoms with Crippen LogP contribution in [0, 0.1) is 12.8 Å². The number of halogens is 2. The summed E-state index contributed by atoms with van der Waals surface area (Å²) in [4.78, 5) is 16.6. The fourth-order valence-electron chi connectivity index (χ4n) is 5.02. The van der Waals surface area contributed by atoms with Gasteiger partial charge in [0, 0.05) is 24.7 Å². The third-order valence-electron chi connectivity index (χ3n) is 6.99. The number of benzene rings is 2. The Morgan fingerprint density at radius 2 is 1.70 bits per heavy atom. The second kappa shape index (κ2) is 11.1. The maximum Gasteiger partial charge on any atom is 0.325 e. The highest BCUT2D eigenvalue weighted by atomic mass is 35.5. The molecular weight excluding hydrogens is 459 g/mol. The van der Waals surface area contributed by atoms with Gasteiger partial charge in [0.25, 0.3) is 0 Å². The summed E-state index contributed by atoms with van der Waals surface area (Å²) in [7, 11) is 0. The third kappa shape index (κ3) is 6.02. The number of aliphatic carboxylic acids is 1. The minimum absolute atomic E-state index is 0.170. The molecule has 2 aliphatic rings. The molecule has 2 saturated heterocycles. The number of carboxylic acids is 1. The standard InChI is InChI=1S/C26H32Cl2N2O3/c1-18-22(27)7-8-23(24(18)28)33-21-11-13-29(14-12-21)17-19-9-15-30(16-10-19)25(26(31)32)20-5-3-2-4-6-20/h2-8,19,21,25H,9-17H2,1H3,(H,31,32)/t25-/m1/s1. The molecule has 2 aliphatic heterocycles. The van der Waals surface area contributed by atoms with E-state index in [2.05, 4.69) is 9.80 Å². The molecule has 5 nitrogen and oxygen atoms in total. The molecule has 0 radical (unpaired) electrons. The van der Waals surface area contributed by atoms with Gasteiger partial charge >= 0.3 is 5.97 Å². The van der Waals surface area contributed by atoms with Crippen molar-refractivity contribution in [2.75, 3.05) is 32.7 Å². The van der Waals surface area contributed by atoms with Crippen molar-refractivity contribution < 1.29 is 14.6 Å². The summed E-state index contributed by atoms with van der Waals surface area (Å²) < 4.78 is 6.19. The van der Waals surface area contributed by atoms with E-state index in [-0.39, 0.29) is 6.10 Å². The molecular formula is C26H32Cl2N2O3. The Kier molecular flexibility index (Phi) is 8.18. The van der Waals surface area contributed by atoms with Gasteiger partial charge in [0.15, 0.2) is 0 Å². The Labute approximate surface area is 206 Å². The highest BCUT2D eigenvalue weighted by Crippen LogP contribution is 2.34. The minimum atomic E-state index is -0.766. The second-order valence-corrected chi connectivity index (χ2v) is 10.0.